The molecule has 2 aromatic carbocycles. The first-order chi connectivity index (χ1) is 19.7. The molecule has 0 saturated carbocycles. The molecular weight excluding hydrogens is 511 g/mol. The summed E-state index contributed by atoms with van der Waals surface area (Å²) in [5.41, 5.74) is 7.95. The van der Waals surface area contributed by atoms with E-state index in [-0.39, 0.29) is 5.82 Å². The monoisotopic (exact) mass is 554 g/mol. The van der Waals surface area contributed by atoms with Crippen LogP contribution in [0.15, 0.2) is 77.6 Å². The van der Waals surface area contributed by atoms with E-state index in [0.29, 0.717) is 18.4 Å². The Bertz CT molecular complexity index is 1380. The Hall–Kier alpha value is -3.93. The second-order valence-electron chi connectivity index (χ2n) is 11.4. The van der Waals surface area contributed by atoms with Crippen LogP contribution in [0.3, 0.4) is 0 Å². The summed E-state index contributed by atoms with van der Waals surface area (Å²) >= 11 is 0. The summed E-state index contributed by atoms with van der Waals surface area (Å²) in [6.07, 6.45) is 9.57. The third-order valence-corrected chi connectivity index (χ3v) is 7.82. The second kappa shape index (κ2) is 13.6. The highest BCUT2D eigenvalue weighted by molar-refractivity contribution is 5.90. The molecule has 0 amide bonds. The lowest BCUT2D eigenvalue weighted by molar-refractivity contribution is 0.279. The van der Waals surface area contributed by atoms with Gasteiger partial charge in [-0.05, 0) is 92.3 Å². The molecule has 3 aromatic rings. The number of aliphatic imine (C=N–C) groups is 1. The maximum atomic E-state index is 13.2. The van der Waals surface area contributed by atoms with Gasteiger partial charge in [-0.3, -0.25) is 4.99 Å². The molecule has 4 rings (SSSR count). The van der Waals surface area contributed by atoms with E-state index in [9.17, 15) is 4.39 Å². The number of halogens is 1. The number of nitrogens with zero attached hydrogens (tertiary/aromatic N) is 3. The van der Waals surface area contributed by atoms with Crippen molar-refractivity contribution in [2.45, 2.75) is 60.3 Å². The van der Waals surface area contributed by atoms with Crippen LogP contribution < -0.4 is 15.0 Å². The maximum absolute atomic E-state index is 13.2. The summed E-state index contributed by atoms with van der Waals surface area (Å²) < 4.78 is 19.3. The predicted molar refractivity (Wildman–Crippen MR) is 171 cm³/mol. The molecule has 0 bridgehead atoms. The van der Waals surface area contributed by atoms with Gasteiger partial charge in [-0.25, -0.2) is 9.37 Å². The molecule has 0 radical (unpaired) electrons. The zero-order chi connectivity index (χ0) is 29.4. The quantitative estimate of drug-likeness (QED) is 0.191. The Morgan fingerprint density at radius 2 is 1.80 bits per heavy atom. The van der Waals surface area contributed by atoms with Crippen molar-refractivity contribution in [1.82, 2.24) is 4.98 Å². The van der Waals surface area contributed by atoms with Crippen LogP contribution in [0.4, 0.5) is 15.9 Å². The summed E-state index contributed by atoms with van der Waals surface area (Å²) in [5, 5.41) is 3.55. The van der Waals surface area contributed by atoms with Crippen molar-refractivity contribution >= 4 is 18.2 Å². The van der Waals surface area contributed by atoms with Gasteiger partial charge in [0.1, 0.15) is 17.4 Å². The Labute approximate surface area is 244 Å². The van der Waals surface area contributed by atoms with Crippen LogP contribution in [-0.4, -0.2) is 31.4 Å². The number of pyridine rings is 1. The summed E-state index contributed by atoms with van der Waals surface area (Å²) in [4.78, 5) is 11.6. The summed E-state index contributed by atoms with van der Waals surface area (Å²) in [6, 6.07) is 14.8. The fraction of sp³-hybridized carbons (Fsp3) is 0.371. The minimum absolute atomic E-state index is 0.224. The molecule has 216 valence electrons. The smallest absolute Gasteiger partial charge is 0.140 e. The van der Waals surface area contributed by atoms with Gasteiger partial charge in [-0.15, -0.1) is 0 Å². The fourth-order valence-electron chi connectivity index (χ4n) is 5.38. The van der Waals surface area contributed by atoms with E-state index in [4.69, 9.17) is 9.72 Å². The largest absolute Gasteiger partial charge is 0.493 e. The lowest BCUT2D eigenvalue weighted by atomic mass is 9.82. The van der Waals surface area contributed by atoms with Gasteiger partial charge >= 0.3 is 0 Å². The average Bonchev–Trinajstić information content (AvgIpc) is 2.95. The third kappa shape index (κ3) is 7.63. The molecule has 0 aliphatic carbocycles. The highest BCUT2D eigenvalue weighted by Crippen LogP contribution is 2.44. The first-order valence-corrected chi connectivity index (χ1v) is 14.6. The molecule has 1 saturated heterocycles. The van der Waals surface area contributed by atoms with Crippen LogP contribution >= 0.6 is 0 Å². The number of piperidine rings is 1. The minimum Gasteiger partial charge on any atom is -0.493 e. The van der Waals surface area contributed by atoms with Crippen molar-refractivity contribution in [2.75, 3.05) is 29.9 Å². The molecule has 1 aliphatic rings. The Balaban J connectivity index is 1.71. The number of ether oxygens (including phenoxy) is 1. The van der Waals surface area contributed by atoms with E-state index in [0.717, 1.165) is 72.0 Å². The lowest BCUT2D eigenvalue weighted by Crippen LogP contribution is -2.38. The van der Waals surface area contributed by atoms with Crippen molar-refractivity contribution in [2.24, 2.45) is 10.4 Å². The zero-order valence-electron chi connectivity index (χ0n) is 25.1. The molecule has 6 heteroatoms. The van der Waals surface area contributed by atoms with Gasteiger partial charge in [-0.2, -0.15) is 0 Å². The Morgan fingerprint density at radius 1 is 1.12 bits per heavy atom. The standard InChI is InChI=1S/C35H43FN4O/c1-7-9-29(24-37-6)39-34-32(33(31(8-2)25(3)38-34)40-21-19-35(4,5)20-22-40)27-12-16-30(17-13-27)41-23-18-26-10-14-28(36)15-11-26/h7,9-17,24H,6,8,18-23H2,1-5H3,(H,38,39)/b9-7-,29-24+. The number of aryl methyl sites for hydroxylation is 1. The van der Waals surface area contributed by atoms with Gasteiger partial charge < -0.3 is 15.0 Å². The van der Waals surface area contributed by atoms with Crippen molar-refractivity contribution < 1.29 is 9.13 Å². The normalized spacial score (nSPS) is 15.3. The van der Waals surface area contributed by atoms with Crippen molar-refractivity contribution in [3.05, 3.63) is 95.2 Å². The van der Waals surface area contributed by atoms with Gasteiger partial charge in [0.05, 0.1) is 18.0 Å². The molecule has 0 unspecified atom stereocenters. The second-order valence-corrected chi connectivity index (χ2v) is 11.4. The van der Waals surface area contributed by atoms with Crippen LogP contribution in [0.2, 0.25) is 0 Å². The van der Waals surface area contributed by atoms with Crippen LogP contribution in [0, 0.1) is 18.2 Å². The number of anilines is 2. The molecule has 0 spiro atoms. The fourth-order valence-corrected chi connectivity index (χ4v) is 5.38. The topological polar surface area (TPSA) is 49.8 Å². The number of benzene rings is 2. The van der Waals surface area contributed by atoms with Crippen LogP contribution in [0.5, 0.6) is 5.75 Å². The molecule has 1 fully saturated rings. The summed E-state index contributed by atoms with van der Waals surface area (Å²) in [5.74, 6) is 1.38. The van der Waals surface area contributed by atoms with E-state index >= 15 is 0 Å². The molecular formula is C35H43FN4O. The van der Waals surface area contributed by atoms with E-state index in [2.05, 4.69) is 61.8 Å². The minimum atomic E-state index is -0.224. The lowest BCUT2D eigenvalue weighted by Gasteiger charge is -2.40. The van der Waals surface area contributed by atoms with Crippen molar-refractivity contribution in [1.29, 1.82) is 0 Å². The highest BCUT2D eigenvalue weighted by Gasteiger charge is 2.30. The van der Waals surface area contributed by atoms with Crippen LogP contribution in [0.25, 0.3) is 11.1 Å². The molecule has 41 heavy (non-hydrogen) atoms. The number of allylic oxidation sites excluding steroid dienone is 2. The number of hydrogen-bond donors (Lipinski definition) is 1. The number of rotatable bonds is 11. The number of aromatic nitrogens is 1. The molecule has 1 aliphatic heterocycles. The van der Waals surface area contributed by atoms with E-state index in [1.807, 2.05) is 31.2 Å². The highest BCUT2D eigenvalue weighted by atomic mass is 19.1. The average molecular weight is 555 g/mol. The van der Waals surface area contributed by atoms with Crippen molar-refractivity contribution in [3.8, 4) is 16.9 Å². The number of nitrogens with one attached hydrogen (secondary N) is 1. The van der Waals surface area contributed by atoms with E-state index in [1.54, 1.807) is 18.3 Å². The van der Waals surface area contributed by atoms with Crippen molar-refractivity contribution in [3.63, 3.8) is 0 Å². The predicted octanol–water partition coefficient (Wildman–Crippen LogP) is 8.54. The molecule has 1 N–H and O–H groups in total. The summed E-state index contributed by atoms with van der Waals surface area (Å²) in [6.45, 7) is 17.2. The third-order valence-electron chi connectivity index (χ3n) is 7.82. The summed E-state index contributed by atoms with van der Waals surface area (Å²) in [7, 11) is 0. The maximum Gasteiger partial charge on any atom is 0.140 e. The SMILES string of the molecule is C=N/C=C(\C=C/C)Nc1nc(C)c(CC)c(N2CCC(C)(C)CC2)c1-c1ccc(OCCc2ccc(F)cc2)cc1. The van der Waals surface area contributed by atoms with Crippen LogP contribution in [0.1, 0.15) is 57.4 Å². The molecule has 2 heterocycles. The van der Waals surface area contributed by atoms with E-state index < -0.39 is 0 Å². The Kier molecular flexibility index (Phi) is 9.98. The first-order valence-electron chi connectivity index (χ1n) is 14.6. The molecule has 0 atom stereocenters. The molecule has 1 aromatic heterocycles. The van der Waals surface area contributed by atoms with Crippen LogP contribution in [-0.2, 0) is 12.8 Å². The molecule has 5 nitrogen and oxygen atoms in total. The van der Waals surface area contributed by atoms with Gasteiger partial charge in [0.15, 0.2) is 0 Å². The van der Waals surface area contributed by atoms with Gasteiger partial charge in [0.25, 0.3) is 0 Å². The Morgan fingerprint density at radius 3 is 2.41 bits per heavy atom. The van der Waals surface area contributed by atoms with Gasteiger partial charge in [0.2, 0.25) is 0 Å². The number of hydrogen-bond acceptors (Lipinski definition) is 5. The first kappa shape index (κ1) is 30.0. The van der Waals surface area contributed by atoms with E-state index in [1.165, 1.54) is 23.4 Å². The van der Waals surface area contributed by atoms with Gasteiger partial charge in [-0.1, -0.05) is 51.1 Å². The van der Waals surface area contributed by atoms with Gasteiger partial charge in [0, 0.05) is 37.0 Å². The zero-order valence-corrected chi connectivity index (χ0v) is 25.1.